The Hall–Kier alpha value is -2.98. The molecule has 9 nitrogen and oxygen atoms in total. The number of carbonyl (C=O) groups is 1. The third kappa shape index (κ3) is 4.08. The van der Waals surface area contributed by atoms with E-state index in [2.05, 4.69) is 20.2 Å². The lowest BCUT2D eigenvalue weighted by atomic mass is 10.2. The normalized spacial score (nSPS) is 14.4. The molecule has 10 heteroatoms. The van der Waals surface area contributed by atoms with Crippen molar-refractivity contribution < 1.29 is 9.90 Å². The molecule has 0 saturated carbocycles. The maximum atomic E-state index is 12.4. The number of benzene rings is 1. The highest BCUT2D eigenvalue weighted by atomic mass is 32.1. The Labute approximate surface area is 171 Å². The van der Waals surface area contributed by atoms with E-state index in [0.29, 0.717) is 42.2 Å². The zero-order valence-electron chi connectivity index (χ0n) is 16.0. The van der Waals surface area contributed by atoms with Crippen molar-refractivity contribution in [2.75, 3.05) is 43.0 Å². The average Bonchev–Trinajstić information content (AvgIpc) is 3.14. The molecule has 2 aromatic heterocycles. The van der Waals surface area contributed by atoms with Crippen LogP contribution in [0.15, 0.2) is 35.5 Å². The van der Waals surface area contributed by atoms with Gasteiger partial charge in [-0.2, -0.15) is 0 Å². The van der Waals surface area contributed by atoms with Crippen molar-refractivity contribution in [1.29, 1.82) is 0 Å². The summed E-state index contributed by atoms with van der Waals surface area (Å²) in [6.45, 7) is 4.65. The molecule has 3 aromatic rings. The van der Waals surface area contributed by atoms with E-state index >= 15 is 0 Å². The lowest BCUT2D eigenvalue weighted by Gasteiger charge is -2.35. The molecule has 0 aliphatic carbocycles. The van der Waals surface area contributed by atoms with E-state index in [1.54, 1.807) is 17.2 Å². The molecule has 1 fully saturated rings. The predicted molar refractivity (Wildman–Crippen MR) is 113 cm³/mol. The first-order valence-corrected chi connectivity index (χ1v) is 10.2. The Morgan fingerprint density at radius 2 is 2.03 bits per heavy atom. The Morgan fingerprint density at radius 3 is 2.72 bits per heavy atom. The highest BCUT2D eigenvalue weighted by Gasteiger charge is 2.22. The van der Waals surface area contributed by atoms with Gasteiger partial charge in [0.1, 0.15) is 0 Å². The second-order valence-electron chi connectivity index (χ2n) is 6.85. The number of aromatic nitrogens is 3. The molecule has 29 heavy (non-hydrogen) atoms. The summed E-state index contributed by atoms with van der Waals surface area (Å²) >= 11 is 1.46. The number of nitrogens with zero attached hydrogens (tertiary/aromatic N) is 5. The van der Waals surface area contributed by atoms with E-state index in [-0.39, 0.29) is 24.7 Å². The number of thiazole rings is 1. The van der Waals surface area contributed by atoms with Crippen LogP contribution >= 0.6 is 11.3 Å². The fourth-order valence-electron chi connectivity index (χ4n) is 3.36. The fraction of sp³-hybridized carbons (Fsp3) is 0.368. The molecular formula is C19H22N6O3S. The molecule has 1 aliphatic rings. The molecule has 2 N–H and O–H groups in total. The van der Waals surface area contributed by atoms with Gasteiger partial charge in [-0.25, -0.2) is 14.8 Å². The molecule has 0 bridgehead atoms. The fourth-order valence-corrected chi connectivity index (χ4v) is 4.02. The molecule has 1 aliphatic heterocycles. The highest BCUT2D eigenvalue weighted by Crippen LogP contribution is 2.21. The SMILES string of the molecule is Cc1cnc(NC(=O)N2CCN(c3ccc4c(=O)n(CCO)cnc4c3)CC2)s1. The first-order chi connectivity index (χ1) is 14.0. The van der Waals surface area contributed by atoms with Gasteiger partial charge in [-0.05, 0) is 25.1 Å². The van der Waals surface area contributed by atoms with Gasteiger partial charge < -0.3 is 14.9 Å². The Bertz CT molecular complexity index is 1090. The average molecular weight is 414 g/mol. The zero-order chi connectivity index (χ0) is 20.4. The van der Waals surface area contributed by atoms with Crippen molar-refractivity contribution in [1.82, 2.24) is 19.4 Å². The van der Waals surface area contributed by atoms with Crippen LogP contribution in [0.3, 0.4) is 0 Å². The molecule has 0 atom stereocenters. The number of rotatable bonds is 4. The van der Waals surface area contributed by atoms with Crippen molar-refractivity contribution in [3.8, 4) is 0 Å². The first-order valence-electron chi connectivity index (χ1n) is 9.38. The molecule has 0 spiro atoms. The van der Waals surface area contributed by atoms with Gasteiger partial charge in [0.25, 0.3) is 5.56 Å². The largest absolute Gasteiger partial charge is 0.395 e. The molecule has 4 rings (SSSR count). The van der Waals surface area contributed by atoms with Crippen LogP contribution < -0.4 is 15.8 Å². The number of piperazine rings is 1. The van der Waals surface area contributed by atoms with Gasteiger partial charge in [0, 0.05) is 42.9 Å². The van der Waals surface area contributed by atoms with Crippen LogP contribution in [0.5, 0.6) is 0 Å². The number of hydrogen-bond acceptors (Lipinski definition) is 7. The zero-order valence-corrected chi connectivity index (χ0v) is 16.9. The van der Waals surface area contributed by atoms with Crippen molar-refractivity contribution in [2.24, 2.45) is 0 Å². The van der Waals surface area contributed by atoms with Gasteiger partial charge in [0.15, 0.2) is 5.13 Å². The number of nitrogens with one attached hydrogen (secondary N) is 1. The Kier molecular flexibility index (Phi) is 5.45. The molecule has 0 unspecified atom stereocenters. The van der Waals surface area contributed by atoms with Crippen LogP contribution in [-0.2, 0) is 6.54 Å². The summed E-state index contributed by atoms with van der Waals surface area (Å²) in [6.07, 6.45) is 3.21. The second kappa shape index (κ2) is 8.18. The van der Waals surface area contributed by atoms with Crippen LogP contribution in [0.2, 0.25) is 0 Å². The number of urea groups is 1. The van der Waals surface area contributed by atoms with Gasteiger partial charge >= 0.3 is 6.03 Å². The number of aryl methyl sites for hydroxylation is 1. The maximum absolute atomic E-state index is 12.4. The van der Waals surface area contributed by atoms with Crippen LogP contribution in [-0.4, -0.2) is 63.4 Å². The van der Waals surface area contributed by atoms with Gasteiger partial charge in [0.2, 0.25) is 0 Å². The molecule has 152 valence electrons. The number of fused-ring (bicyclic) bond motifs is 1. The van der Waals surface area contributed by atoms with Crippen molar-refractivity contribution >= 4 is 39.1 Å². The van der Waals surface area contributed by atoms with E-state index in [1.807, 2.05) is 19.1 Å². The summed E-state index contributed by atoms with van der Waals surface area (Å²) in [6, 6.07) is 5.44. The number of aliphatic hydroxyl groups is 1. The van der Waals surface area contributed by atoms with Crippen LogP contribution in [0.25, 0.3) is 10.9 Å². The minimum Gasteiger partial charge on any atom is -0.395 e. The minimum atomic E-state index is -0.158. The predicted octanol–water partition coefficient (Wildman–Crippen LogP) is 1.51. The summed E-state index contributed by atoms with van der Waals surface area (Å²) in [5.74, 6) is 0. The molecule has 1 aromatic carbocycles. The van der Waals surface area contributed by atoms with E-state index in [0.717, 1.165) is 10.6 Å². The lowest BCUT2D eigenvalue weighted by molar-refractivity contribution is 0.208. The third-order valence-electron chi connectivity index (χ3n) is 4.92. The summed E-state index contributed by atoms with van der Waals surface area (Å²) in [5, 5.41) is 13.0. The van der Waals surface area contributed by atoms with Gasteiger partial charge in [-0.15, -0.1) is 11.3 Å². The van der Waals surface area contributed by atoms with Crippen molar-refractivity contribution in [3.63, 3.8) is 0 Å². The molecule has 1 saturated heterocycles. The van der Waals surface area contributed by atoms with Crippen LogP contribution in [0, 0.1) is 6.92 Å². The topological polar surface area (TPSA) is 104 Å². The van der Waals surface area contributed by atoms with E-state index in [4.69, 9.17) is 5.11 Å². The summed E-state index contributed by atoms with van der Waals surface area (Å²) in [5.41, 5.74) is 1.44. The molecule has 0 radical (unpaired) electrons. The summed E-state index contributed by atoms with van der Waals surface area (Å²) in [7, 11) is 0. The number of hydrogen-bond donors (Lipinski definition) is 2. The number of anilines is 2. The maximum Gasteiger partial charge on any atom is 0.323 e. The van der Waals surface area contributed by atoms with Gasteiger partial charge in [-0.3, -0.25) is 14.7 Å². The van der Waals surface area contributed by atoms with Crippen LogP contribution in [0.1, 0.15) is 4.88 Å². The second-order valence-corrected chi connectivity index (χ2v) is 8.08. The molecule has 3 heterocycles. The minimum absolute atomic E-state index is 0.106. The Balaban J connectivity index is 1.42. The summed E-state index contributed by atoms with van der Waals surface area (Å²) < 4.78 is 1.41. The molecular weight excluding hydrogens is 392 g/mol. The van der Waals surface area contributed by atoms with E-state index < -0.39 is 0 Å². The quantitative estimate of drug-likeness (QED) is 0.671. The number of carbonyl (C=O) groups excluding carboxylic acids is 1. The Morgan fingerprint density at radius 1 is 1.24 bits per heavy atom. The number of amides is 2. The monoisotopic (exact) mass is 414 g/mol. The highest BCUT2D eigenvalue weighted by molar-refractivity contribution is 7.15. The first kappa shape index (κ1) is 19.3. The van der Waals surface area contributed by atoms with E-state index in [1.165, 1.54) is 22.2 Å². The smallest absolute Gasteiger partial charge is 0.323 e. The van der Waals surface area contributed by atoms with E-state index in [9.17, 15) is 9.59 Å². The lowest BCUT2D eigenvalue weighted by Crippen LogP contribution is -2.50. The van der Waals surface area contributed by atoms with Crippen LogP contribution in [0.4, 0.5) is 15.6 Å². The summed E-state index contributed by atoms with van der Waals surface area (Å²) in [4.78, 5) is 38.4. The standard InChI is InChI=1S/C19H22N6O3S/c1-13-11-20-18(29-13)22-19(28)24-6-4-23(5-7-24)14-2-3-15-16(10-14)21-12-25(8-9-26)17(15)27/h2-3,10-12,26H,4-9H2,1H3,(H,20,22,28). The van der Waals surface area contributed by atoms with Crippen molar-refractivity contribution in [2.45, 2.75) is 13.5 Å². The molecule has 2 amide bonds. The number of aliphatic hydroxyl groups excluding tert-OH is 1. The third-order valence-corrected chi connectivity index (χ3v) is 5.75. The van der Waals surface area contributed by atoms with Gasteiger partial charge in [-0.1, -0.05) is 0 Å². The van der Waals surface area contributed by atoms with Gasteiger partial charge in [0.05, 0.1) is 30.4 Å². The van der Waals surface area contributed by atoms with Crippen molar-refractivity contribution in [3.05, 3.63) is 46.0 Å².